The molecular formula is C24H21FN6O4S. The molecule has 0 aliphatic heterocycles. The smallest absolute Gasteiger partial charge is 0.335 e. The maximum Gasteiger partial charge on any atom is 0.335 e. The number of carboxylic acids is 1. The number of aromatic amines is 1. The number of carboxylic acid groups (broad SMARTS) is 1. The van der Waals surface area contributed by atoms with Crippen LogP contribution >= 0.6 is 12.2 Å². The SMILES string of the molecule is Cc1cc(CNC(=O)c2cc(C(=O)NCc3ccc(C(=O)O)c(C)c3)n3c(=S)[nH]nc3n2)ccc1F. The maximum absolute atomic E-state index is 13.5. The number of carbonyl (C=O) groups is 3. The van der Waals surface area contributed by atoms with Gasteiger partial charge in [-0.15, -0.1) is 5.10 Å². The van der Waals surface area contributed by atoms with Crippen molar-refractivity contribution in [1.29, 1.82) is 0 Å². The number of aryl methyl sites for hydroxylation is 2. The van der Waals surface area contributed by atoms with E-state index in [1.807, 2.05) is 0 Å². The number of hydrogen-bond acceptors (Lipinski definition) is 6. The lowest BCUT2D eigenvalue weighted by Gasteiger charge is -2.11. The van der Waals surface area contributed by atoms with Gasteiger partial charge in [0.1, 0.15) is 17.2 Å². The number of nitrogens with zero attached hydrogens (tertiary/aromatic N) is 3. The number of nitrogens with one attached hydrogen (secondary N) is 3. The van der Waals surface area contributed by atoms with Gasteiger partial charge in [0.15, 0.2) is 0 Å². The molecule has 0 saturated heterocycles. The summed E-state index contributed by atoms with van der Waals surface area (Å²) >= 11 is 5.21. The van der Waals surface area contributed by atoms with Crippen molar-refractivity contribution in [1.82, 2.24) is 30.2 Å². The lowest BCUT2D eigenvalue weighted by atomic mass is 10.1. The van der Waals surface area contributed by atoms with Gasteiger partial charge in [0, 0.05) is 13.1 Å². The average molecular weight is 509 g/mol. The van der Waals surface area contributed by atoms with Gasteiger partial charge in [0.25, 0.3) is 17.6 Å². The van der Waals surface area contributed by atoms with E-state index < -0.39 is 17.8 Å². The zero-order valence-corrected chi connectivity index (χ0v) is 20.1. The summed E-state index contributed by atoms with van der Waals surface area (Å²) in [5.41, 5.74) is 2.58. The minimum atomic E-state index is -1.03. The molecule has 2 amide bonds. The molecule has 0 aliphatic carbocycles. The number of H-pyrrole nitrogens is 1. The molecule has 2 aromatic carbocycles. The van der Waals surface area contributed by atoms with Gasteiger partial charge >= 0.3 is 5.97 Å². The van der Waals surface area contributed by atoms with E-state index in [4.69, 9.17) is 12.2 Å². The van der Waals surface area contributed by atoms with Crippen molar-refractivity contribution < 1.29 is 23.9 Å². The largest absolute Gasteiger partial charge is 0.478 e. The number of halogens is 1. The molecule has 12 heteroatoms. The van der Waals surface area contributed by atoms with Gasteiger partial charge in [-0.05, 0) is 66.5 Å². The standard InChI is InChI=1S/C24H21FN6O4S/c1-12-7-14(3-5-16(12)22(34)35)11-27-21(33)19-9-18(28-23-29-30-24(36)31(19)23)20(32)26-10-15-4-6-17(25)13(2)8-15/h3-9H,10-11H2,1-2H3,(H,26,32)(H,27,33)(H,30,36)(H,34,35). The summed E-state index contributed by atoms with van der Waals surface area (Å²) in [6, 6.07) is 10.6. The highest BCUT2D eigenvalue weighted by Gasteiger charge is 2.19. The van der Waals surface area contributed by atoms with Crippen LogP contribution in [0.1, 0.15) is 53.6 Å². The summed E-state index contributed by atoms with van der Waals surface area (Å²) in [4.78, 5) is 41.3. The first-order valence-corrected chi connectivity index (χ1v) is 11.2. The fourth-order valence-electron chi connectivity index (χ4n) is 3.64. The highest BCUT2D eigenvalue weighted by atomic mass is 32.1. The molecule has 0 atom stereocenters. The van der Waals surface area contributed by atoms with E-state index in [0.717, 1.165) is 0 Å². The molecule has 4 rings (SSSR count). The lowest BCUT2D eigenvalue weighted by molar-refractivity contribution is 0.0695. The van der Waals surface area contributed by atoms with E-state index in [-0.39, 0.29) is 46.4 Å². The lowest BCUT2D eigenvalue weighted by Crippen LogP contribution is -2.28. The maximum atomic E-state index is 13.5. The minimum Gasteiger partial charge on any atom is -0.478 e. The van der Waals surface area contributed by atoms with Crippen LogP contribution in [-0.4, -0.2) is 42.5 Å². The van der Waals surface area contributed by atoms with Crippen LogP contribution in [0.4, 0.5) is 4.39 Å². The number of aromatic nitrogens is 4. The molecule has 0 aliphatic rings. The zero-order chi connectivity index (χ0) is 26.0. The van der Waals surface area contributed by atoms with Crippen LogP contribution < -0.4 is 10.6 Å². The molecule has 4 aromatic rings. The van der Waals surface area contributed by atoms with Crippen LogP contribution in [0.3, 0.4) is 0 Å². The van der Waals surface area contributed by atoms with Crippen molar-refractivity contribution in [2.24, 2.45) is 0 Å². The molecule has 2 aromatic heterocycles. The third-order valence-corrected chi connectivity index (χ3v) is 5.78. The quantitative estimate of drug-likeness (QED) is 0.281. The average Bonchev–Trinajstić information content (AvgIpc) is 3.23. The number of rotatable bonds is 7. The number of aromatic carboxylic acids is 1. The Balaban J connectivity index is 1.55. The fraction of sp³-hybridized carbons (Fsp3) is 0.167. The van der Waals surface area contributed by atoms with Gasteiger partial charge in [-0.3, -0.25) is 9.59 Å². The highest BCUT2D eigenvalue weighted by molar-refractivity contribution is 7.71. The predicted octanol–water partition coefficient (Wildman–Crippen LogP) is 3.10. The van der Waals surface area contributed by atoms with Gasteiger partial charge < -0.3 is 15.7 Å². The Kier molecular flexibility index (Phi) is 6.88. The summed E-state index contributed by atoms with van der Waals surface area (Å²) in [6.07, 6.45) is 0. The zero-order valence-electron chi connectivity index (χ0n) is 19.3. The molecule has 10 nitrogen and oxygen atoms in total. The second-order valence-corrected chi connectivity index (χ2v) is 8.48. The Morgan fingerprint density at radius 2 is 1.64 bits per heavy atom. The van der Waals surface area contributed by atoms with E-state index in [1.165, 1.54) is 22.6 Å². The van der Waals surface area contributed by atoms with Crippen molar-refractivity contribution in [2.75, 3.05) is 0 Å². The predicted molar refractivity (Wildman–Crippen MR) is 130 cm³/mol. The Hall–Kier alpha value is -4.45. The molecule has 2 heterocycles. The highest BCUT2D eigenvalue weighted by Crippen LogP contribution is 2.13. The summed E-state index contributed by atoms with van der Waals surface area (Å²) in [5.74, 6) is -2.42. The Labute approximate surface area is 209 Å². The van der Waals surface area contributed by atoms with Gasteiger partial charge in [-0.25, -0.2) is 23.7 Å². The van der Waals surface area contributed by atoms with Gasteiger partial charge in [-0.2, -0.15) is 0 Å². The monoisotopic (exact) mass is 508 g/mol. The normalized spacial score (nSPS) is 10.9. The van der Waals surface area contributed by atoms with Crippen LogP contribution in [-0.2, 0) is 13.1 Å². The molecule has 0 fully saturated rings. The van der Waals surface area contributed by atoms with Crippen molar-refractivity contribution in [3.8, 4) is 0 Å². The first kappa shape index (κ1) is 24.7. The second kappa shape index (κ2) is 10.0. The number of carbonyl (C=O) groups excluding carboxylic acids is 2. The van der Waals surface area contributed by atoms with E-state index in [1.54, 1.807) is 38.1 Å². The Morgan fingerprint density at radius 1 is 1.00 bits per heavy atom. The molecule has 0 saturated carbocycles. The minimum absolute atomic E-state index is 0.0390. The van der Waals surface area contributed by atoms with Crippen LogP contribution in [0.2, 0.25) is 0 Å². The second-order valence-electron chi connectivity index (χ2n) is 8.09. The first-order valence-electron chi connectivity index (χ1n) is 10.8. The van der Waals surface area contributed by atoms with Gasteiger partial charge in [0.05, 0.1) is 5.56 Å². The summed E-state index contributed by atoms with van der Waals surface area (Å²) in [6.45, 7) is 3.54. The molecule has 0 radical (unpaired) electrons. The third-order valence-electron chi connectivity index (χ3n) is 5.50. The first-order chi connectivity index (χ1) is 17.1. The van der Waals surface area contributed by atoms with Gasteiger partial charge in [0.2, 0.25) is 4.77 Å². The van der Waals surface area contributed by atoms with Crippen LogP contribution in [0.25, 0.3) is 5.78 Å². The number of fused-ring (bicyclic) bond motifs is 1. The molecule has 0 spiro atoms. The summed E-state index contributed by atoms with van der Waals surface area (Å²) in [7, 11) is 0. The topological polar surface area (TPSA) is 141 Å². The molecule has 184 valence electrons. The van der Waals surface area contributed by atoms with Crippen molar-refractivity contribution in [3.63, 3.8) is 0 Å². The van der Waals surface area contributed by atoms with Crippen LogP contribution in [0.15, 0.2) is 42.5 Å². The Bertz CT molecular complexity index is 1580. The van der Waals surface area contributed by atoms with Crippen molar-refractivity contribution in [2.45, 2.75) is 26.9 Å². The van der Waals surface area contributed by atoms with E-state index >= 15 is 0 Å². The Morgan fingerprint density at radius 3 is 2.28 bits per heavy atom. The number of amides is 2. The fourth-order valence-corrected chi connectivity index (χ4v) is 3.86. The van der Waals surface area contributed by atoms with Gasteiger partial charge in [-0.1, -0.05) is 24.3 Å². The van der Waals surface area contributed by atoms with E-state index in [2.05, 4.69) is 25.8 Å². The van der Waals surface area contributed by atoms with Crippen molar-refractivity contribution >= 4 is 35.8 Å². The summed E-state index contributed by atoms with van der Waals surface area (Å²) < 4.78 is 14.9. The van der Waals surface area contributed by atoms with Crippen LogP contribution in [0, 0.1) is 24.4 Å². The van der Waals surface area contributed by atoms with E-state index in [9.17, 15) is 23.9 Å². The molecular weight excluding hydrogens is 487 g/mol. The number of hydrogen-bond donors (Lipinski definition) is 4. The third kappa shape index (κ3) is 5.13. The van der Waals surface area contributed by atoms with E-state index in [0.29, 0.717) is 22.3 Å². The molecule has 0 bridgehead atoms. The van der Waals surface area contributed by atoms with Crippen molar-refractivity contribution in [3.05, 3.63) is 92.3 Å². The molecule has 0 unspecified atom stereocenters. The summed E-state index contributed by atoms with van der Waals surface area (Å²) in [5, 5.41) is 21.2. The molecule has 36 heavy (non-hydrogen) atoms. The molecule has 4 N–H and O–H groups in total. The number of benzene rings is 2. The van der Waals surface area contributed by atoms with Crippen LogP contribution in [0.5, 0.6) is 0 Å².